The number of carbonyl (C=O) groups is 1. The Morgan fingerprint density at radius 3 is 1.62 bits per heavy atom. The molecule has 2 heteroatoms. The molecular weight excluding hydrogens is 195 g/mol. The molecule has 1 radical (unpaired) electrons. The lowest BCUT2D eigenvalue weighted by Gasteiger charge is -2.43. The summed E-state index contributed by atoms with van der Waals surface area (Å²) in [4.78, 5) is 12.5. The van der Waals surface area contributed by atoms with Crippen LogP contribution in [0.15, 0.2) is 12.1 Å². The van der Waals surface area contributed by atoms with Gasteiger partial charge < -0.3 is 0 Å². The number of Topliss-reactive ketones (excluding diaryl/α,β-unsaturated/α-hetero) is 1. The molecule has 0 rings (SSSR count). The maximum Gasteiger partial charge on any atom is 0.152 e. The van der Waals surface area contributed by atoms with Crippen LogP contribution in [0.25, 0.3) is 0 Å². The van der Waals surface area contributed by atoms with Crippen molar-refractivity contribution >= 4 is 13.1 Å². The Hall–Kier alpha value is -0.525. The fourth-order valence-corrected chi connectivity index (χ4v) is 2.03. The molecule has 0 aromatic carbocycles. The van der Waals surface area contributed by atoms with Gasteiger partial charge in [0.05, 0.1) is 0 Å². The summed E-state index contributed by atoms with van der Waals surface area (Å²) in [5.41, 5.74) is 0.327. The van der Waals surface area contributed by atoms with Gasteiger partial charge in [-0.3, -0.25) is 4.79 Å². The largest absolute Gasteiger partial charge is 0.299 e. The molecule has 91 valence electrons. The van der Waals surface area contributed by atoms with Crippen molar-refractivity contribution in [3.63, 3.8) is 0 Å². The van der Waals surface area contributed by atoms with Crippen molar-refractivity contribution in [1.29, 1.82) is 0 Å². The van der Waals surface area contributed by atoms with E-state index in [-0.39, 0.29) is 16.1 Å². The molecule has 0 aromatic rings. The lowest BCUT2D eigenvalue weighted by Crippen LogP contribution is -2.44. The summed E-state index contributed by atoms with van der Waals surface area (Å²) < 4.78 is 0. The molecule has 0 aromatic heterocycles. The molecule has 0 atom stereocenters. The van der Waals surface area contributed by atoms with Crippen LogP contribution in [0, 0.1) is 10.8 Å². The van der Waals surface area contributed by atoms with Gasteiger partial charge in [-0.1, -0.05) is 55.4 Å². The van der Waals surface area contributed by atoms with Crippen LogP contribution < -0.4 is 0 Å². The van der Waals surface area contributed by atoms with Gasteiger partial charge in [0.25, 0.3) is 0 Å². The van der Waals surface area contributed by atoms with Crippen LogP contribution in [0.5, 0.6) is 0 Å². The van der Waals surface area contributed by atoms with E-state index in [2.05, 4.69) is 27.7 Å². The fraction of sp³-hybridized carbons (Fsp3) is 0.786. The quantitative estimate of drug-likeness (QED) is 0.654. The molecule has 0 heterocycles. The van der Waals surface area contributed by atoms with E-state index in [4.69, 9.17) is 0 Å². The van der Waals surface area contributed by atoms with Gasteiger partial charge in [0.2, 0.25) is 0 Å². The van der Waals surface area contributed by atoms with Crippen LogP contribution in [0.1, 0.15) is 55.4 Å². The summed E-state index contributed by atoms with van der Waals surface area (Å²) in [6.07, 6.45) is 0. The van der Waals surface area contributed by atoms with E-state index in [0.717, 1.165) is 5.47 Å². The monoisotopic (exact) mass is 221 g/mol. The number of carbonyl (C=O) groups excluding carboxylic acids is 1. The van der Waals surface area contributed by atoms with Gasteiger partial charge in [-0.05, 0) is 5.31 Å². The highest BCUT2D eigenvalue weighted by atomic mass is 16.1. The molecule has 0 amide bonds. The van der Waals surface area contributed by atoms with Crippen LogP contribution in [0.3, 0.4) is 0 Å². The molecule has 0 saturated carbocycles. The maximum absolute atomic E-state index is 12.5. The highest BCUT2D eigenvalue weighted by Crippen LogP contribution is 2.48. The summed E-state index contributed by atoms with van der Waals surface area (Å²) in [5, 5.41) is -0.177. The van der Waals surface area contributed by atoms with E-state index in [1.54, 1.807) is 0 Å². The molecule has 0 aliphatic carbocycles. The summed E-state index contributed by atoms with van der Waals surface area (Å²) in [5.74, 6) is 0.294. The van der Waals surface area contributed by atoms with E-state index in [9.17, 15) is 4.79 Å². The van der Waals surface area contributed by atoms with E-state index < -0.39 is 0 Å². The lowest BCUT2D eigenvalue weighted by molar-refractivity contribution is -0.136. The highest BCUT2D eigenvalue weighted by molar-refractivity contribution is 6.49. The van der Waals surface area contributed by atoms with E-state index in [1.165, 1.54) is 0 Å². The first kappa shape index (κ1) is 15.5. The van der Waals surface area contributed by atoms with Crippen molar-refractivity contribution in [3.8, 4) is 0 Å². The average Bonchev–Trinajstić information content (AvgIpc) is 1.98. The SMILES string of the molecule is C=C(C)[B]C(C)(C)C(C)(C)C(=O)C(C)(C)C. The molecule has 0 N–H and O–H groups in total. The molecule has 0 spiro atoms. The Bertz CT molecular complexity index is 292. The van der Waals surface area contributed by atoms with Crippen LogP contribution in [0.2, 0.25) is 5.31 Å². The number of allylic oxidation sites excluding steroid dienone is 1. The number of rotatable bonds is 4. The second-order valence-corrected chi connectivity index (χ2v) is 6.92. The van der Waals surface area contributed by atoms with Gasteiger partial charge in [-0.25, -0.2) is 0 Å². The van der Waals surface area contributed by atoms with E-state index in [1.807, 2.05) is 41.5 Å². The van der Waals surface area contributed by atoms with Crippen LogP contribution >= 0.6 is 0 Å². The fourth-order valence-electron chi connectivity index (χ4n) is 2.03. The van der Waals surface area contributed by atoms with Crippen molar-refractivity contribution in [3.05, 3.63) is 12.1 Å². The first-order chi connectivity index (χ1) is 6.82. The molecule has 0 bridgehead atoms. The predicted molar refractivity (Wildman–Crippen MR) is 72.9 cm³/mol. The van der Waals surface area contributed by atoms with Crippen molar-refractivity contribution in [2.45, 2.75) is 60.7 Å². The van der Waals surface area contributed by atoms with Crippen LogP contribution in [-0.2, 0) is 4.79 Å². The van der Waals surface area contributed by atoms with Crippen molar-refractivity contribution in [1.82, 2.24) is 0 Å². The molecule has 0 fully saturated rings. The molecule has 16 heavy (non-hydrogen) atoms. The van der Waals surface area contributed by atoms with Gasteiger partial charge in [0, 0.05) is 10.8 Å². The lowest BCUT2D eigenvalue weighted by atomic mass is 9.40. The predicted octanol–water partition coefficient (Wildman–Crippen LogP) is 4.06. The Kier molecular flexibility index (Phi) is 4.24. The minimum Gasteiger partial charge on any atom is -0.299 e. The summed E-state index contributed by atoms with van der Waals surface area (Å²) in [6, 6.07) is 0. The van der Waals surface area contributed by atoms with E-state index >= 15 is 0 Å². The van der Waals surface area contributed by atoms with Gasteiger partial charge >= 0.3 is 0 Å². The summed E-state index contributed by atoms with van der Waals surface area (Å²) in [7, 11) is 2.09. The summed E-state index contributed by atoms with van der Waals surface area (Å²) in [6.45, 7) is 20.1. The Morgan fingerprint density at radius 2 is 1.38 bits per heavy atom. The second kappa shape index (κ2) is 4.39. The van der Waals surface area contributed by atoms with Gasteiger partial charge in [-0.15, -0.1) is 12.1 Å². The molecule has 0 saturated heterocycles. The standard InChI is InChI=1S/C14H26BO/c1-10(2)15-14(8,9)13(6,7)11(16)12(3,4)5/h1H2,2-9H3. The maximum atomic E-state index is 12.5. The second-order valence-electron chi connectivity index (χ2n) is 6.92. The van der Waals surface area contributed by atoms with Gasteiger partial charge in [0.1, 0.15) is 5.78 Å². The van der Waals surface area contributed by atoms with Crippen molar-refractivity contribution < 1.29 is 4.79 Å². The normalized spacial score (nSPS) is 13.5. The van der Waals surface area contributed by atoms with Crippen molar-refractivity contribution in [2.24, 2.45) is 10.8 Å². The third kappa shape index (κ3) is 3.23. The number of hydrogen-bond acceptors (Lipinski definition) is 1. The van der Waals surface area contributed by atoms with Gasteiger partial charge in [-0.2, -0.15) is 0 Å². The first-order valence-corrected chi connectivity index (χ1v) is 5.89. The molecule has 0 aliphatic heterocycles. The molecule has 0 unspecified atom stereocenters. The zero-order chi connectivity index (χ0) is 13.4. The topological polar surface area (TPSA) is 17.1 Å². The average molecular weight is 221 g/mol. The molecular formula is C14H26BO. The minimum absolute atomic E-state index is 0.177. The van der Waals surface area contributed by atoms with Gasteiger partial charge in [0.15, 0.2) is 7.28 Å². The van der Waals surface area contributed by atoms with Crippen molar-refractivity contribution in [2.75, 3.05) is 0 Å². The zero-order valence-corrected chi connectivity index (χ0v) is 12.2. The Balaban J connectivity index is 5.19. The van der Waals surface area contributed by atoms with E-state index in [0.29, 0.717) is 5.78 Å². The smallest absolute Gasteiger partial charge is 0.152 e. The minimum atomic E-state index is -0.385. The summed E-state index contributed by atoms with van der Waals surface area (Å²) >= 11 is 0. The highest BCUT2D eigenvalue weighted by Gasteiger charge is 2.46. The molecule has 1 nitrogen and oxygen atoms in total. The number of ketones is 1. The van der Waals surface area contributed by atoms with Crippen LogP contribution in [-0.4, -0.2) is 13.1 Å². The number of hydrogen-bond donors (Lipinski definition) is 0. The Morgan fingerprint density at radius 1 is 1.00 bits per heavy atom. The first-order valence-electron chi connectivity index (χ1n) is 5.89. The molecule has 0 aliphatic rings. The third-order valence-corrected chi connectivity index (χ3v) is 3.47. The third-order valence-electron chi connectivity index (χ3n) is 3.47. The zero-order valence-electron chi connectivity index (χ0n) is 12.2. The van der Waals surface area contributed by atoms with Crippen LogP contribution in [0.4, 0.5) is 0 Å². The Labute approximate surface area is 102 Å².